The number of imide groups is 2. The third kappa shape index (κ3) is 28.1. The van der Waals surface area contributed by atoms with E-state index in [0.29, 0.717) is 0 Å². The molecule has 0 bridgehead atoms. The van der Waals surface area contributed by atoms with Crippen LogP contribution in [0.15, 0.2) is 12.2 Å². The van der Waals surface area contributed by atoms with E-state index in [2.05, 4.69) is 44.5 Å². The Kier molecular flexibility index (Phi) is 39.0. The highest BCUT2D eigenvalue weighted by atomic mass is 32.2. The highest BCUT2D eigenvalue weighted by Crippen LogP contribution is 2.25. The van der Waals surface area contributed by atoms with E-state index in [-0.39, 0.29) is 99.1 Å². The predicted molar refractivity (Wildman–Crippen MR) is 290 cm³/mol. The zero-order valence-corrected chi connectivity index (χ0v) is 47.5. The van der Waals surface area contributed by atoms with Crippen LogP contribution in [0.1, 0.15) is 74.7 Å². The maximum Gasteiger partial charge on any atom is 0.317 e. The van der Waals surface area contributed by atoms with E-state index < -0.39 is 81.4 Å². The Morgan fingerprint density at radius 3 is 1.26 bits per heavy atom. The fourth-order valence-corrected chi connectivity index (χ4v) is 7.64. The van der Waals surface area contributed by atoms with E-state index in [1.807, 2.05) is 13.8 Å². The number of hydrogen-bond acceptors (Lipinski definition) is 20. The molecule has 2 aliphatic rings. The van der Waals surface area contributed by atoms with Crippen molar-refractivity contribution in [3.05, 3.63) is 12.2 Å². The molecule has 30 heteroatoms. The Morgan fingerprint density at radius 1 is 0.568 bits per heavy atom. The van der Waals surface area contributed by atoms with E-state index in [9.17, 15) is 57.5 Å². The molecule has 10 amide bonds. The standard InChI is InChI=1S/2C11H21N3O4S.C11H19N3O3S.C10H15N3O3.CH4S/c1-6(2)13-10(17)7(5-12)14-11(18)8(19-3)4-9(15)16;1-6(2)13-10(16)7(5-12)14-9(15)4-8(19-3)11(17)18;1-6(2)13-10(16)7(5-12)14-9(15)4-8(18-3)11(14)17;1-6(2)12-10(16)7(5-11)13-8(14)3-4-9(13)15;1-2/h6-8H,4-5,12H2,1-3H3,(H,13,17)(H,14,18)(H,15,16);6-8H,4-5,12H2,1-3H3,(H,13,16)(H,14,15)(H,17,18);6-8H,4-5,12H2,1-3H3,(H,13,16);3-4,6-7H,5,11H2,1-2H3,(H,12,16);2H,1H3. The Morgan fingerprint density at radius 2 is 0.946 bits per heavy atom. The van der Waals surface area contributed by atoms with Gasteiger partial charge in [-0.05, 0) is 80.4 Å². The number of carboxylic acids is 2. The van der Waals surface area contributed by atoms with Crippen molar-refractivity contribution in [3.63, 3.8) is 0 Å². The number of amides is 10. The van der Waals surface area contributed by atoms with Gasteiger partial charge >= 0.3 is 11.9 Å². The minimum atomic E-state index is -1.06. The van der Waals surface area contributed by atoms with E-state index in [1.54, 1.807) is 66.6 Å². The minimum absolute atomic E-state index is 0.0404. The first-order chi connectivity index (χ1) is 34.5. The molecule has 0 aromatic rings. The largest absolute Gasteiger partial charge is 0.481 e. The monoisotopic (exact) mass is 1130 g/mol. The lowest BCUT2D eigenvalue weighted by Gasteiger charge is -2.25. The molecule has 2 rings (SSSR count). The molecule has 74 heavy (non-hydrogen) atoms. The summed E-state index contributed by atoms with van der Waals surface area (Å²) in [5, 5.41) is 31.0. The highest BCUT2D eigenvalue weighted by Gasteiger charge is 2.44. The summed E-state index contributed by atoms with van der Waals surface area (Å²) in [6.45, 7) is 14.1. The summed E-state index contributed by atoms with van der Waals surface area (Å²) in [5.74, 6) is -6.31. The first-order valence-corrected chi connectivity index (χ1v) is 27.8. The van der Waals surface area contributed by atoms with Gasteiger partial charge in [0.05, 0.1) is 16.9 Å². The topological polar surface area (TPSA) is 428 Å². The smallest absolute Gasteiger partial charge is 0.317 e. The van der Waals surface area contributed by atoms with Crippen LogP contribution >= 0.6 is 47.9 Å². The summed E-state index contributed by atoms with van der Waals surface area (Å²) in [6, 6.07) is -3.77. The summed E-state index contributed by atoms with van der Waals surface area (Å²) in [4.78, 5) is 140. The van der Waals surface area contributed by atoms with Crippen molar-refractivity contribution in [2.45, 2.75) is 139 Å². The lowest BCUT2D eigenvalue weighted by Crippen LogP contribution is -2.54. The molecule has 26 nitrogen and oxygen atoms in total. The fraction of sp³-hybridized carbons (Fsp3) is 0.682. The second-order valence-corrected chi connectivity index (χ2v) is 19.9. The molecule has 0 aromatic heterocycles. The molecule has 16 N–H and O–H groups in total. The normalized spacial score (nSPS) is 16.1. The fourth-order valence-electron chi connectivity index (χ4n) is 5.91. The van der Waals surface area contributed by atoms with Gasteiger partial charge in [0.15, 0.2) is 0 Å². The van der Waals surface area contributed by atoms with E-state index in [4.69, 9.17) is 33.1 Å². The van der Waals surface area contributed by atoms with Gasteiger partial charge in [0.25, 0.3) is 11.8 Å². The molecule has 1 saturated heterocycles. The maximum atomic E-state index is 12.0. The van der Waals surface area contributed by atoms with Gasteiger partial charge in [-0.25, -0.2) is 0 Å². The van der Waals surface area contributed by atoms with Gasteiger partial charge in [0.2, 0.25) is 47.3 Å². The van der Waals surface area contributed by atoms with Crippen molar-refractivity contribution in [3.8, 4) is 0 Å². The Balaban J connectivity index is -0.000000899. The summed E-state index contributed by atoms with van der Waals surface area (Å²) < 4.78 is 0. The third-order valence-electron chi connectivity index (χ3n) is 9.29. The van der Waals surface area contributed by atoms with Gasteiger partial charge in [0.1, 0.15) is 29.4 Å². The van der Waals surface area contributed by atoms with Crippen LogP contribution in [0.3, 0.4) is 0 Å². The second kappa shape index (κ2) is 39.4. The van der Waals surface area contributed by atoms with Crippen LogP contribution in [0, 0.1) is 0 Å². The van der Waals surface area contributed by atoms with Gasteiger partial charge in [-0.3, -0.25) is 67.3 Å². The van der Waals surface area contributed by atoms with Crippen molar-refractivity contribution >= 4 is 119 Å². The van der Waals surface area contributed by atoms with Crippen LogP contribution in [0.4, 0.5) is 0 Å². The molecule has 2 heterocycles. The molecule has 7 unspecified atom stereocenters. The molecule has 0 spiro atoms. The maximum absolute atomic E-state index is 12.0. The molecule has 0 radical (unpaired) electrons. The number of nitrogens with one attached hydrogen (secondary N) is 6. The zero-order valence-electron chi connectivity index (χ0n) is 44.1. The Labute approximate surface area is 451 Å². The van der Waals surface area contributed by atoms with Crippen LogP contribution < -0.4 is 54.8 Å². The number of likely N-dealkylation sites (tertiary alicyclic amines) is 1. The summed E-state index contributed by atoms with van der Waals surface area (Å²) in [6.07, 6.45) is 8.63. The predicted octanol–water partition coefficient (Wildman–Crippen LogP) is -3.04. The van der Waals surface area contributed by atoms with Crippen LogP contribution in [0.25, 0.3) is 0 Å². The van der Waals surface area contributed by atoms with Crippen LogP contribution in [-0.2, 0) is 57.5 Å². The molecule has 424 valence electrons. The average molecular weight is 1130 g/mol. The number of carbonyl (C=O) groups excluding carboxylic acids is 10. The highest BCUT2D eigenvalue weighted by molar-refractivity contribution is 8.00. The molecule has 1 fully saturated rings. The van der Waals surface area contributed by atoms with Gasteiger partial charge in [-0.1, -0.05) is 0 Å². The second-order valence-electron chi connectivity index (χ2n) is 16.8. The van der Waals surface area contributed by atoms with Crippen molar-refractivity contribution in [1.29, 1.82) is 0 Å². The van der Waals surface area contributed by atoms with Gasteiger partial charge in [-0.15, -0.1) is 11.8 Å². The zero-order chi connectivity index (χ0) is 58.2. The lowest BCUT2D eigenvalue weighted by atomic mass is 10.2. The summed E-state index contributed by atoms with van der Waals surface area (Å²) in [7, 11) is 0. The van der Waals surface area contributed by atoms with Crippen LogP contribution in [0.2, 0.25) is 0 Å². The molecule has 0 aromatic carbocycles. The Hall–Kier alpha value is -4.98. The number of carbonyl (C=O) groups is 12. The van der Waals surface area contributed by atoms with Crippen LogP contribution in [-0.4, -0.2) is 206 Å². The summed E-state index contributed by atoms with van der Waals surface area (Å²) in [5.41, 5.74) is 21.8. The average Bonchev–Trinajstić information content (AvgIpc) is 3.80. The molecule has 0 aliphatic carbocycles. The van der Waals surface area contributed by atoms with Gasteiger partial charge in [0, 0.05) is 75.3 Å². The summed E-state index contributed by atoms with van der Waals surface area (Å²) >= 11 is 7.03. The first-order valence-electron chi connectivity index (χ1n) is 23.0. The molecule has 0 saturated carbocycles. The Bertz CT molecular complexity index is 1900. The third-order valence-corrected chi connectivity index (χ3v) is 12.1. The molecule has 7 atom stereocenters. The van der Waals surface area contributed by atoms with Crippen molar-refractivity contribution < 1.29 is 67.7 Å². The molecular formula is C44H80N12O14S4. The van der Waals surface area contributed by atoms with E-state index in [1.165, 1.54) is 11.8 Å². The van der Waals surface area contributed by atoms with Gasteiger partial charge in [-0.2, -0.15) is 36.2 Å². The SMILES string of the molecule is CC(C)NC(=O)C(CN)N1C(=O)C=CC1=O.CS.CSC(CC(=O)NC(CN)C(=O)NC(C)C)C(=O)O.CSC(CC(=O)O)C(=O)NC(CN)C(=O)NC(C)C.CSC1CC(=O)N(C(CN)C(=O)NC(C)C)C1=O. The number of aliphatic carboxylic acids is 2. The van der Waals surface area contributed by atoms with Crippen molar-refractivity contribution in [1.82, 2.24) is 41.7 Å². The number of hydrogen-bond donors (Lipinski definition) is 13. The van der Waals surface area contributed by atoms with E-state index >= 15 is 0 Å². The van der Waals surface area contributed by atoms with Crippen molar-refractivity contribution in [2.75, 3.05) is 51.2 Å². The minimum Gasteiger partial charge on any atom is -0.481 e. The number of rotatable bonds is 25. The van der Waals surface area contributed by atoms with Gasteiger partial charge < -0.3 is 65.0 Å². The lowest BCUT2D eigenvalue weighted by molar-refractivity contribution is -0.146. The van der Waals surface area contributed by atoms with E-state index in [0.717, 1.165) is 45.5 Å². The first kappa shape index (κ1) is 73.3. The number of thioether (sulfide) groups is 3. The molecule has 2 aliphatic heterocycles. The quantitative estimate of drug-likeness (QED) is 0.0319. The molecular weight excluding hydrogens is 1050 g/mol. The number of nitrogens with two attached hydrogens (primary N) is 4. The number of thiol groups is 1. The van der Waals surface area contributed by atoms with Crippen LogP contribution in [0.5, 0.6) is 0 Å². The number of nitrogens with zero attached hydrogens (tertiary/aromatic N) is 2. The number of carboxylic acid groups (broad SMARTS) is 2. The van der Waals surface area contributed by atoms with Crippen molar-refractivity contribution in [2.24, 2.45) is 22.9 Å².